The van der Waals surface area contributed by atoms with Crippen molar-refractivity contribution in [3.05, 3.63) is 46.6 Å². The van der Waals surface area contributed by atoms with Crippen LogP contribution in [0, 0.1) is 5.41 Å². The van der Waals surface area contributed by atoms with Gasteiger partial charge in [-0.2, -0.15) is 0 Å². The van der Waals surface area contributed by atoms with Crippen molar-refractivity contribution in [1.82, 2.24) is 0 Å². The van der Waals surface area contributed by atoms with Crippen molar-refractivity contribution in [2.75, 3.05) is 6.61 Å². The van der Waals surface area contributed by atoms with Gasteiger partial charge in [0.05, 0.1) is 12.7 Å². The van der Waals surface area contributed by atoms with Crippen LogP contribution in [0.5, 0.6) is 0 Å². The molecule has 0 spiro atoms. The number of allylic oxidation sites excluding steroid dienone is 5. The Morgan fingerprint density at radius 1 is 1.32 bits per heavy atom. The van der Waals surface area contributed by atoms with E-state index in [4.69, 9.17) is 5.11 Å². The molecule has 2 nitrogen and oxygen atoms in total. The lowest BCUT2D eigenvalue weighted by molar-refractivity contribution is 0.196. The summed E-state index contributed by atoms with van der Waals surface area (Å²) >= 11 is 0. The van der Waals surface area contributed by atoms with Crippen LogP contribution in [0.25, 0.3) is 0 Å². The molecule has 1 rings (SSSR count). The van der Waals surface area contributed by atoms with E-state index in [9.17, 15) is 5.11 Å². The van der Waals surface area contributed by atoms with Crippen LogP contribution in [0.4, 0.5) is 0 Å². The molecule has 1 aliphatic carbocycles. The fourth-order valence-electron chi connectivity index (χ4n) is 3.15. The van der Waals surface area contributed by atoms with Crippen LogP contribution in [0.15, 0.2) is 46.6 Å². The average molecular weight is 304 g/mol. The van der Waals surface area contributed by atoms with E-state index in [2.05, 4.69) is 20.8 Å². The first kappa shape index (κ1) is 18.9. The lowest BCUT2D eigenvalue weighted by Crippen LogP contribution is -2.24. The molecule has 0 saturated heterocycles. The summed E-state index contributed by atoms with van der Waals surface area (Å²) in [7, 11) is 0. The quantitative estimate of drug-likeness (QED) is 0.551. The fourth-order valence-corrected chi connectivity index (χ4v) is 3.15. The second-order valence-electron chi connectivity index (χ2n) is 7.12. The maximum absolute atomic E-state index is 10.5. The van der Waals surface area contributed by atoms with Gasteiger partial charge >= 0.3 is 0 Å². The van der Waals surface area contributed by atoms with Crippen molar-refractivity contribution in [3.63, 3.8) is 0 Å². The van der Waals surface area contributed by atoms with Crippen molar-refractivity contribution >= 4 is 0 Å². The third kappa shape index (κ3) is 5.58. The minimum atomic E-state index is -0.422. The maximum atomic E-state index is 10.5. The minimum Gasteiger partial charge on any atom is -0.392 e. The zero-order valence-corrected chi connectivity index (χ0v) is 14.8. The molecular formula is C20H32O2. The Hall–Kier alpha value is -1.12. The second-order valence-corrected chi connectivity index (χ2v) is 7.12. The van der Waals surface area contributed by atoms with Gasteiger partial charge in [-0.1, -0.05) is 54.9 Å². The van der Waals surface area contributed by atoms with Gasteiger partial charge in [0, 0.05) is 0 Å². The molecule has 0 bridgehead atoms. The van der Waals surface area contributed by atoms with Gasteiger partial charge in [-0.3, -0.25) is 0 Å². The van der Waals surface area contributed by atoms with E-state index in [1.807, 2.05) is 32.1 Å². The fraction of sp³-hybridized carbons (Fsp3) is 0.600. The van der Waals surface area contributed by atoms with Crippen molar-refractivity contribution in [2.24, 2.45) is 5.41 Å². The molecule has 0 fully saturated rings. The first-order chi connectivity index (χ1) is 10.3. The summed E-state index contributed by atoms with van der Waals surface area (Å²) in [5.41, 5.74) is 5.10. The van der Waals surface area contributed by atoms with Gasteiger partial charge in [0.2, 0.25) is 0 Å². The number of rotatable bonds is 6. The molecular weight excluding hydrogens is 272 g/mol. The van der Waals surface area contributed by atoms with Gasteiger partial charge in [0.1, 0.15) is 0 Å². The topological polar surface area (TPSA) is 40.5 Å². The molecule has 0 saturated carbocycles. The van der Waals surface area contributed by atoms with Crippen LogP contribution in [-0.4, -0.2) is 22.9 Å². The Labute approximate surface area is 135 Å². The molecule has 0 aliphatic heterocycles. The summed E-state index contributed by atoms with van der Waals surface area (Å²) in [5, 5.41) is 19.3. The highest BCUT2D eigenvalue weighted by molar-refractivity contribution is 5.27. The Morgan fingerprint density at radius 3 is 2.59 bits per heavy atom. The van der Waals surface area contributed by atoms with Crippen molar-refractivity contribution in [3.8, 4) is 0 Å². The van der Waals surface area contributed by atoms with Crippen LogP contribution >= 0.6 is 0 Å². The largest absolute Gasteiger partial charge is 0.392 e. The van der Waals surface area contributed by atoms with Gasteiger partial charge in [-0.15, -0.1) is 0 Å². The summed E-state index contributed by atoms with van der Waals surface area (Å²) < 4.78 is 0. The van der Waals surface area contributed by atoms with E-state index in [1.165, 1.54) is 30.4 Å². The molecule has 1 unspecified atom stereocenters. The van der Waals surface area contributed by atoms with Gasteiger partial charge in [-0.05, 0) is 57.4 Å². The summed E-state index contributed by atoms with van der Waals surface area (Å²) in [5.74, 6) is 0. The third-order valence-electron chi connectivity index (χ3n) is 4.74. The highest BCUT2D eigenvalue weighted by Gasteiger charge is 2.29. The number of hydrogen-bond acceptors (Lipinski definition) is 2. The van der Waals surface area contributed by atoms with E-state index >= 15 is 0 Å². The predicted molar refractivity (Wildman–Crippen MR) is 94.7 cm³/mol. The molecule has 1 aliphatic rings. The summed E-state index contributed by atoms with van der Waals surface area (Å²) in [6.45, 7) is 10.8. The zero-order chi connectivity index (χ0) is 16.8. The van der Waals surface area contributed by atoms with Crippen molar-refractivity contribution < 1.29 is 10.2 Å². The molecule has 2 N–H and O–H groups in total. The first-order valence-corrected chi connectivity index (χ1v) is 8.27. The molecule has 0 aromatic rings. The van der Waals surface area contributed by atoms with E-state index < -0.39 is 6.10 Å². The van der Waals surface area contributed by atoms with Gasteiger partial charge in [0.25, 0.3) is 0 Å². The Bertz CT molecular complexity index is 490. The van der Waals surface area contributed by atoms with Gasteiger partial charge < -0.3 is 10.2 Å². The molecule has 0 radical (unpaired) electrons. The molecule has 22 heavy (non-hydrogen) atoms. The van der Waals surface area contributed by atoms with E-state index in [0.29, 0.717) is 0 Å². The average Bonchev–Trinajstić information content (AvgIpc) is 2.42. The number of aliphatic hydroxyl groups excluding tert-OH is 2. The first-order valence-electron chi connectivity index (χ1n) is 8.27. The third-order valence-corrected chi connectivity index (χ3v) is 4.74. The smallest absolute Gasteiger partial charge is 0.0787 e. The predicted octanol–water partition coefficient (Wildman–Crippen LogP) is 4.71. The van der Waals surface area contributed by atoms with E-state index in [-0.39, 0.29) is 12.0 Å². The van der Waals surface area contributed by atoms with Crippen LogP contribution < -0.4 is 0 Å². The van der Waals surface area contributed by atoms with Crippen LogP contribution in [-0.2, 0) is 0 Å². The maximum Gasteiger partial charge on any atom is 0.0787 e. The molecule has 0 amide bonds. The molecule has 0 aromatic heterocycles. The van der Waals surface area contributed by atoms with Crippen LogP contribution in [0.2, 0.25) is 0 Å². The number of hydrogen-bond donors (Lipinski definition) is 2. The Morgan fingerprint density at radius 2 is 2.00 bits per heavy atom. The van der Waals surface area contributed by atoms with E-state index in [1.54, 1.807) is 6.08 Å². The van der Waals surface area contributed by atoms with E-state index in [0.717, 1.165) is 17.6 Å². The minimum absolute atomic E-state index is 0.0595. The molecule has 0 aromatic carbocycles. The Kier molecular flexibility index (Phi) is 7.31. The van der Waals surface area contributed by atoms with Crippen molar-refractivity contribution in [1.29, 1.82) is 0 Å². The van der Waals surface area contributed by atoms with Crippen LogP contribution in [0.3, 0.4) is 0 Å². The second kappa shape index (κ2) is 8.50. The van der Waals surface area contributed by atoms with Crippen molar-refractivity contribution in [2.45, 2.75) is 66.4 Å². The van der Waals surface area contributed by atoms with Gasteiger partial charge in [-0.25, -0.2) is 0 Å². The molecule has 1 atom stereocenters. The lowest BCUT2D eigenvalue weighted by atomic mass is 9.70. The summed E-state index contributed by atoms with van der Waals surface area (Å²) in [4.78, 5) is 0. The monoisotopic (exact) mass is 304 g/mol. The molecule has 2 heteroatoms. The highest BCUT2D eigenvalue weighted by atomic mass is 16.3. The molecule has 0 heterocycles. The number of aliphatic hydroxyl groups is 2. The molecule has 124 valence electrons. The van der Waals surface area contributed by atoms with Crippen LogP contribution in [0.1, 0.15) is 60.3 Å². The SMILES string of the molecule is CC(C=CC=C(C)C(O)CC1=C(C)CCCC1(C)C)=CCO. The summed E-state index contributed by atoms with van der Waals surface area (Å²) in [6, 6.07) is 0. The Balaban J connectivity index is 2.75. The zero-order valence-electron chi connectivity index (χ0n) is 14.8. The summed E-state index contributed by atoms with van der Waals surface area (Å²) in [6.07, 6.45) is 11.6. The highest BCUT2D eigenvalue weighted by Crippen LogP contribution is 2.42. The standard InChI is InChI=1S/C20H32O2/c1-15(11-13-21)8-6-9-17(3)19(22)14-18-16(2)10-7-12-20(18,4)5/h6,8-9,11,19,21-22H,7,10,12-14H2,1-5H3. The lowest BCUT2D eigenvalue weighted by Gasteiger charge is -2.35. The normalized spacial score (nSPS) is 21.6. The van der Waals surface area contributed by atoms with Gasteiger partial charge in [0.15, 0.2) is 0 Å².